The number of hydrogen-bond acceptors (Lipinski definition) is 3. The van der Waals surface area contributed by atoms with Crippen LogP contribution in [0, 0.1) is 0 Å². The fraction of sp³-hybridized carbons (Fsp3) is 0.353. The number of hydrogen-bond donors (Lipinski definition) is 2. The van der Waals surface area contributed by atoms with Gasteiger partial charge in [-0.1, -0.05) is 0 Å². The molecule has 1 fully saturated rings. The summed E-state index contributed by atoms with van der Waals surface area (Å²) in [5.74, 6) is -0.554. The number of piperidine rings is 1. The number of aromatic nitrogens is 1. The zero-order valence-electron chi connectivity index (χ0n) is 12.8. The Hall–Kier alpha value is -2.28. The van der Waals surface area contributed by atoms with E-state index in [0.717, 1.165) is 31.5 Å². The quantitative estimate of drug-likeness (QED) is 0.884. The number of aromatic hydroxyl groups is 1. The van der Waals surface area contributed by atoms with E-state index in [0.29, 0.717) is 12.6 Å². The van der Waals surface area contributed by atoms with Crippen molar-refractivity contribution in [1.82, 2.24) is 9.88 Å². The SMILES string of the molecule is O=c1c(-c2ccc(C(F)(F)F)cc2O)cccn1[C@H]1CCCNC1. The molecule has 1 atom stereocenters. The number of pyridine rings is 1. The Morgan fingerprint density at radius 1 is 1.21 bits per heavy atom. The van der Waals surface area contributed by atoms with Crippen LogP contribution in [0.2, 0.25) is 0 Å². The van der Waals surface area contributed by atoms with Gasteiger partial charge in [0.15, 0.2) is 0 Å². The summed E-state index contributed by atoms with van der Waals surface area (Å²) in [4.78, 5) is 12.7. The molecule has 0 bridgehead atoms. The maximum Gasteiger partial charge on any atom is 0.416 e. The van der Waals surface area contributed by atoms with Crippen LogP contribution in [0.25, 0.3) is 11.1 Å². The summed E-state index contributed by atoms with van der Waals surface area (Å²) in [6, 6.07) is 5.84. The highest BCUT2D eigenvalue weighted by Crippen LogP contribution is 2.35. The van der Waals surface area contributed by atoms with Gasteiger partial charge in [-0.15, -0.1) is 0 Å². The molecule has 0 unspecified atom stereocenters. The van der Waals surface area contributed by atoms with E-state index in [1.54, 1.807) is 16.8 Å². The number of nitrogens with zero attached hydrogens (tertiary/aromatic N) is 1. The van der Waals surface area contributed by atoms with E-state index >= 15 is 0 Å². The molecule has 1 aromatic carbocycles. The molecule has 2 aromatic rings. The van der Waals surface area contributed by atoms with Gasteiger partial charge in [0.25, 0.3) is 5.56 Å². The van der Waals surface area contributed by atoms with Crippen molar-refractivity contribution in [2.24, 2.45) is 0 Å². The maximum atomic E-state index is 12.7. The number of halogens is 3. The van der Waals surface area contributed by atoms with Gasteiger partial charge in [0.1, 0.15) is 5.75 Å². The first-order chi connectivity index (χ1) is 11.4. The average molecular weight is 338 g/mol. The molecule has 0 radical (unpaired) electrons. The normalized spacial score (nSPS) is 18.5. The van der Waals surface area contributed by atoms with Gasteiger partial charge in [0, 0.05) is 24.3 Å². The fourth-order valence-corrected chi connectivity index (χ4v) is 3.01. The molecular weight excluding hydrogens is 321 g/mol. The van der Waals surface area contributed by atoms with Crippen LogP contribution in [-0.4, -0.2) is 22.8 Å². The summed E-state index contributed by atoms with van der Waals surface area (Å²) in [6.07, 6.45) is -1.06. The van der Waals surface area contributed by atoms with Crippen molar-refractivity contribution in [3.05, 3.63) is 52.4 Å². The smallest absolute Gasteiger partial charge is 0.416 e. The predicted octanol–water partition coefficient (Wildman–Crippen LogP) is 3.16. The molecule has 2 heterocycles. The third kappa shape index (κ3) is 3.17. The summed E-state index contributed by atoms with van der Waals surface area (Å²) in [6.45, 7) is 1.58. The molecule has 128 valence electrons. The van der Waals surface area contributed by atoms with Crippen molar-refractivity contribution >= 4 is 0 Å². The zero-order valence-corrected chi connectivity index (χ0v) is 12.8. The Labute approximate surface area is 136 Å². The van der Waals surface area contributed by atoms with Crippen molar-refractivity contribution in [3.8, 4) is 16.9 Å². The molecule has 0 spiro atoms. The number of alkyl halides is 3. The van der Waals surface area contributed by atoms with E-state index in [4.69, 9.17) is 0 Å². The van der Waals surface area contributed by atoms with Crippen molar-refractivity contribution in [1.29, 1.82) is 0 Å². The van der Waals surface area contributed by atoms with Crippen molar-refractivity contribution in [3.63, 3.8) is 0 Å². The minimum absolute atomic E-state index is 0.00258. The Morgan fingerprint density at radius 2 is 2.00 bits per heavy atom. The minimum atomic E-state index is -4.54. The summed E-state index contributed by atoms with van der Waals surface area (Å²) in [5.41, 5.74) is -0.974. The Morgan fingerprint density at radius 3 is 2.62 bits per heavy atom. The summed E-state index contributed by atoms with van der Waals surface area (Å²) in [7, 11) is 0. The predicted molar refractivity (Wildman–Crippen MR) is 83.9 cm³/mol. The zero-order chi connectivity index (χ0) is 17.3. The van der Waals surface area contributed by atoms with Crippen LogP contribution in [0.3, 0.4) is 0 Å². The van der Waals surface area contributed by atoms with Crippen LogP contribution in [0.5, 0.6) is 5.75 Å². The number of phenols is 1. The number of benzene rings is 1. The Balaban J connectivity index is 2.03. The van der Waals surface area contributed by atoms with Gasteiger partial charge >= 0.3 is 6.18 Å². The molecule has 1 aliphatic heterocycles. The van der Waals surface area contributed by atoms with Crippen molar-refractivity contribution in [2.75, 3.05) is 13.1 Å². The largest absolute Gasteiger partial charge is 0.507 e. The lowest BCUT2D eigenvalue weighted by Crippen LogP contribution is -2.36. The Bertz CT molecular complexity index is 793. The second-order valence-electron chi connectivity index (χ2n) is 5.86. The van der Waals surface area contributed by atoms with Gasteiger partial charge in [0.2, 0.25) is 0 Å². The van der Waals surface area contributed by atoms with E-state index in [9.17, 15) is 23.1 Å². The van der Waals surface area contributed by atoms with Gasteiger partial charge in [-0.05, 0) is 49.7 Å². The van der Waals surface area contributed by atoms with Crippen molar-refractivity contribution in [2.45, 2.75) is 25.1 Å². The monoisotopic (exact) mass is 338 g/mol. The van der Waals surface area contributed by atoms with Gasteiger partial charge in [-0.2, -0.15) is 13.2 Å². The molecule has 0 aliphatic carbocycles. The number of nitrogens with one attached hydrogen (secondary N) is 1. The number of phenolic OH excluding ortho intramolecular Hbond substituents is 1. The third-order valence-corrected chi connectivity index (χ3v) is 4.25. The van der Waals surface area contributed by atoms with Gasteiger partial charge in [0.05, 0.1) is 11.1 Å². The first-order valence-electron chi connectivity index (χ1n) is 7.70. The minimum Gasteiger partial charge on any atom is -0.507 e. The van der Waals surface area contributed by atoms with Crippen LogP contribution in [0.4, 0.5) is 13.2 Å². The van der Waals surface area contributed by atoms with Crippen LogP contribution in [0.1, 0.15) is 24.4 Å². The highest BCUT2D eigenvalue weighted by atomic mass is 19.4. The first kappa shape index (κ1) is 16.6. The first-order valence-corrected chi connectivity index (χ1v) is 7.70. The van der Waals surface area contributed by atoms with Crippen LogP contribution in [0.15, 0.2) is 41.3 Å². The lowest BCUT2D eigenvalue weighted by atomic mass is 10.0. The van der Waals surface area contributed by atoms with E-state index in [2.05, 4.69) is 5.32 Å². The molecule has 1 saturated heterocycles. The summed E-state index contributed by atoms with van der Waals surface area (Å²) < 4.78 is 39.7. The van der Waals surface area contributed by atoms with E-state index < -0.39 is 17.5 Å². The molecule has 0 saturated carbocycles. The topological polar surface area (TPSA) is 54.3 Å². The fourth-order valence-electron chi connectivity index (χ4n) is 3.01. The van der Waals surface area contributed by atoms with E-state index in [-0.39, 0.29) is 22.7 Å². The molecule has 1 aromatic heterocycles. The van der Waals surface area contributed by atoms with Crippen LogP contribution < -0.4 is 10.9 Å². The molecule has 4 nitrogen and oxygen atoms in total. The lowest BCUT2D eigenvalue weighted by Gasteiger charge is -2.25. The van der Waals surface area contributed by atoms with Crippen LogP contribution >= 0.6 is 0 Å². The summed E-state index contributed by atoms with van der Waals surface area (Å²) >= 11 is 0. The number of rotatable bonds is 2. The Kier molecular flexibility index (Phi) is 4.36. The standard InChI is InChI=1S/C17H17F3N2O2/c18-17(19,20)11-5-6-13(15(23)9-11)14-4-2-8-22(16(14)24)12-3-1-7-21-10-12/h2,4-6,8-9,12,21,23H,1,3,7,10H2/t12-/m0/s1. The highest BCUT2D eigenvalue weighted by molar-refractivity contribution is 5.69. The molecule has 1 aliphatic rings. The van der Waals surface area contributed by atoms with Gasteiger partial charge in [-0.25, -0.2) is 0 Å². The molecule has 2 N–H and O–H groups in total. The third-order valence-electron chi connectivity index (χ3n) is 4.25. The molecule has 3 rings (SSSR count). The summed E-state index contributed by atoms with van der Waals surface area (Å²) in [5, 5.41) is 13.2. The molecule has 7 heteroatoms. The van der Waals surface area contributed by atoms with E-state index in [1.165, 1.54) is 6.07 Å². The molecule has 0 amide bonds. The van der Waals surface area contributed by atoms with Gasteiger partial charge < -0.3 is 15.0 Å². The second kappa shape index (κ2) is 6.32. The average Bonchev–Trinajstić information content (AvgIpc) is 2.55. The van der Waals surface area contributed by atoms with Crippen molar-refractivity contribution < 1.29 is 18.3 Å². The second-order valence-corrected chi connectivity index (χ2v) is 5.86. The lowest BCUT2D eigenvalue weighted by molar-refractivity contribution is -0.137. The molecule has 24 heavy (non-hydrogen) atoms. The van der Waals surface area contributed by atoms with Crippen LogP contribution in [-0.2, 0) is 6.18 Å². The maximum absolute atomic E-state index is 12.7. The van der Waals surface area contributed by atoms with Gasteiger partial charge in [-0.3, -0.25) is 4.79 Å². The highest BCUT2D eigenvalue weighted by Gasteiger charge is 2.31. The molecular formula is C17H17F3N2O2. The van der Waals surface area contributed by atoms with E-state index in [1.807, 2.05) is 0 Å².